The number of rotatable bonds is 9. The number of halogens is 3. The SMILES string of the molecule is CS(=O)(=O)OC[C@@H](CCCOc1ccccc1Br)c1ccc(Cl)cc1Cl. The molecule has 0 saturated heterocycles. The smallest absolute Gasteiger partial charge is 0.264 e. The summed E-state index contributed by atoms with van der Waals surface area (Å²) in [4.78, 5) is 0. The summed E-state index contributed by atoms with van der Waals surface area (Å²) in [5.41, 5.74) is 0.806. The Balaban J connectivity index is 2.00. The van der Waals surface area contributed by atoms with Crippen molar-refractivity contribution in [2.24, 2.45) is 0 Å². The summed E-state index contributed by atoms with van der Waals surface area (Å²) in [7, 11) is -3.53. The number of para-hydroxylation sites is 1. The summed E-state index contributed by atoms with van der Waals surface area (Å²) < 4.78 is 34.3. The van der Waals surface area contributed by atoms with E-state index >= 15 is 0 Å². The molecule has 0 bridgehead atoms. The highest BCUT2D eigenvalue weighted by atomic mass is 79.9. The number of ether oxygens (including phenoxy) is 1. The molecule has 2 aromatic carbocycles. The molecule has 0 aliphatic heterocycles. The quantitative estimate of drug-likeness (QED) is 0.341. The fraction of sp³-hybridized carbons (Fsp3) is 0.333. The van der Waals surface area contributed by atoms with E-state index in [-0.39, 0.29) is 12.5 Å². The monoisotopic (exact) mass is 480 g/mol. The number of hydrogen-bond donors (Lipinski definition) is 0. The van der Waals surface area contributed by atoms with Crippen molar-refractivity contribution in [3.63, 3.8) is 0 Å². The van der Waals surface area contributed by atoms with E-state index in [1.54, 1.807) is 18.2 Å². The van der Waals surface area contributed by atoms with Crippen LogP contribution in [0, 0.1) is 0 Å². The predicted molar refractivity (Wildman–Crippen MR) is 109 cm³/mol. The van der Waals surface area contributed by atoms with E-state index in [4.69, 9.17) is 32.1 Å². The van der Waals surface area contributed by atoms with E-state index in [9.17, 15) is 8.42 Å². The van der Waals surface area contributed by atoms with Gasteiger partial charge in [0.15, 0.2) is 0 Å². The van der Waals surface area contributed by atoms with Crippen LogP contribution >= 0.6 is 39.1 Å². The second kappa shape index (κ2) is 9.95. The first-order valence-corrected chi connectivity index (χ1v) is 11.3. The van der Waals surface area contributed by atoms with Gasteiger partial charge in [-0.3, -0.25) is 4.18 Å². The molecule has 1 atom stereocenters. The zero-order valence-electron chi connectivity index (χ0n) is 14.1. The van der Waals surface area contributed by atoms with Crippen LogP contribution in [-0.2, 0) is 14.3 Å². The predicted octanol–water partition coefficient (Wildman–Crippen LogP) is 5.67. The Morgan fingerprint density at radius 2 is 1.88 bits per heavy atom. The third-order valence-electron chi connectivity index (χ3n) is 3.68. The lowest BCUT2D eigenvalue weighted by molar-refractivity contribution is 0.263. The highest BCUT2D eigenvalue weighted by molar-refractivity contribution is 9.10. The Kier molecular flexibility index (Phi) is 8.23. The van der Waals surface area contributed by atoms with Crippen molar-refractivity contribution in [2.75, 3.05) is 19.5 Å². The van der Waals surface area contributed by atoms with Gasteiger partial charge < -0.3 is 4.74 Å². The molecule has 0 fully saturated rings. The summed E-state index contributed by atoms with van der Waals surface area (Å²) >= 11 is 15.7. The normalized spacial score (nSPS) is 12.8. The molecule has 2 aromatic rings. The zero-order chi connectivity index (χ0) is 19.2. The first-order valence-electron chi connectivity index (χ1n) is 7.93. The van der Waals surface area contributed by atoms with Crippen LogP contribution in [0.5, 0.6) is 5.75 Å². The molecule has 2 rings (SSSR count). The minimum absolute atomic E-state index is 0.0230. The topological polar surface area (TPSA) is 52.6 Å². The minimum atomic E-state index is -3.53. The summed E-state index contributed by atoms with van der Waals surface area (Å²) in [6.45, 7) is 0.512. The number of benzene rings is 2. The Hall–Kier alpha value is -0.790. The molecule has 0 unspecified atom stereocenters. The lowest BCUT2D eigenvalue weighted by atomic mass is 9.95. The molecule has 0 aliphatic rings. The molecular formula is C18H19BrCl2O4S. The highest BCUT2D eigenvalue weighted by Gasteiger charge is 2.18. The lowest BCUT2D eigenvalue weighted by Crippen LogP contribution is -2.14. The van der Waals surface area contributed by atoms with E-state index in [0.717, 1.165) is 22.0 Å². The van der Waals surface area contributed by atoms with E-state index in [0.29, 0.717) is 29.5 Å². The molecule has 0 heterocycles. The third kappa shape index (κ3) is 7.08. The van der Waals surface area contributed by atoms with E-state index in [1.807, 2.05) is 24.3 Å². The van der Waals surface area contributed by atoms with Crippen molar-refractivity contribution in [3.05, 3.63) is 62.5 Å². The average molecular weight is 482 g/mol. The van der Waals surface area contributed by atoms with Crippen LogP contribution in [0.2, 0.25) is 10.0 Å². The van der Waals surface area contributed by atoms with Gasteiger partial charge in [-0.25, -0.2) is 0 Å². The summed E-state index contributed by atoms with van der Waals surface area (Å²) in [5.74, 6) is 0.582. The van der Waals surface area contributed by atoms with Gasteiger partial charge in [-0.05, 0) is 58.6 Å². The maximum Gasteiger partial charge on any atom is 0.264 e. The molecule has 4 nitrogen and oxygen atoms in total. The van der Waals surface area contributed by atoms with Gasteiger partial charge in [0.1, 0.15) is 5.75 Å². The van der Waals surface area contributed by atoms with Crippen molar-refractivity contribution >= 4 is 49.2 Å². The Labute approximate surface area is 172 Å². The van der Waals surface area contributed by atoms with Crippen LogP contribution < -0.4 is 4.74 Å². The molecule has 0 N–H and O–H groups in total. The van der Waals surface area contributed by atoms with Crippen molar-refractivity contribution in [3.8, 4) is 5.75 Å². The fourth-order valence-electron chi connectivity index (χ4n) is 2.44. The maximum atomic E-state index is 11.4. The molecule has 0 aliphatic carbocycles. The van der Waals surface area contributed by atoms with Gasteiger partial charge in [0.25, 0.3) is 10.1 Å². The van der Waals surface area contributed by atoms with Crippen molar-refractivity contribution < 1.29 is 17.3 Å². The van der Waals surface area contributed by atoms with E-state index in [2.05, 4.69) is 15.9 Å². The van der Waals surface area contributed by atoms with E-state index in [1.165, 1.54) is 0 Å². The molecule has 26 heavy (non-hydrogen) atoms. The van der Waals surface area contributed by atoms with E-state index < -0.39 is 10.1 Å². The van der Waals surface area contributed by atoms with Crippen LogP contribution in [0.1, 0.15) is 24.3 Å². The molecule has 0 radical (unpaired) electrons. The summed E-state index contributed by atoms with van der Waals surface area (Å²) in [6, 6.07) is 12.8. The van der Waals surface area contributed by atoms with Gasteiger partial charge in [-0.1, -0.05) is 41.4 Å². The first kappa shape index (κ1) is 21.5. The van der Waals surface area contributed by atoms with Gasteiger partial charge in [0.2, 0.25) is 0 Å². The molecule has 0 amide bonds. The molecular weight excluding hydrogens is 463 g/mol. The van der Waals surface area contributed by atoms with Crippen LogP contribution in [-0.4, -0.2) is 27.9 Å². The van der Waals surface area contributed by atoms with Gasteiger partial charge in [0, 0.05) is 16.0 Å². The molecule has 0 aromatic heterocycles. The average Bonchev–Trinajstić information content (AvgIpc) is 2.55. The van der Waals surface area contributed by atoms with Crippen LogP contribution in [0.4, 0.5) is 0 Å². The largest absolute Gasteiger partial charge is 0.492 e. The first-order chi connectivity index (χ1) is 12.3. The van der Waals surface area contributed by atoms with Gasteiger partial charge in [-0.2, -0.15) is 8.42 Å². The Morgan fingerprint density at radius 3 is 2.54 bits per heavy atom. The summed E-state index contributed by atoms with van der Waals surface area (Å²) in [5, 5.41) is 1.02. The Bertz CT molecular complexity index is 843. The van der Waals surface area contributed by atoms with Crippen molar-refractivity contribution in [1.29, 1.82) is 0 Å². The van der Waals surface area contributed by atoms with Gasteiger partial charge in [0.05, 0.1) is 23.9 Å². The molecule has 142 valence electrons. The zero-order valence-corrected chi connectivity index (χ0v) is 18.0. The lowest BCUT2D eigenvalue weighted by Gasteiger charge is -2.18. The second-order valence-electron chi connectivity index (χ2n) is 5.77. The van der Waals surface area contributed by atoms with Crippen molar-refractivity contribution in [1.82, 2.24) is 0 Å². The Morgan fingerprint density at radius 1 is 1.15 bits per heavy atom. The standard InChI is InChI=1S/C18H19BrCl2O4S/c1-26(22,23)25-12-13(15-9-8-14(20)11-17(15)21)5-4-10-24-18-7-3-2-6-16(18)19/h2-3,6-9,11,13H,4-5,10,12H2,1H3/t13-/m1/s1. The second-order valence-corrected chi connectivity index (χ2v) is 9.11. The maximum absolute atomic E-state index is 11.4. The minimum Gasteiger partial charge on any atom is -0.492 e. The van der Waals surface area contributed by atoms with Crippen molar-refractivity contribution in [2.45, 2.75) is 18.8 Å². The number of hydrogen-bond acceptors (Lipinski definition) is 4. The third-order valence-corrected chi connectivity index (χ3v) is 5.46. The molecule has 0 saturated carbocycles. The van der Waals surface area contributed by atoms with Crippen LogP contribution in [0.25, 0.3) is 0 Å². The van der Waals surface area contributed by atoms with Gasteiger partial charge >= 0.3 is 0 Å². The fourth-order valence-corrected chi connectivity index (χ4v) is 3.81. The van der Waals surface area contributed by atoms with Gasteiger partial charge in [-0.15, -0.1) is 0 Å². The highest BCUT2D eigenvalue weighted by Crippen LogP contribution is 2.31. The van der Waals surface area contributed by atoms with Crippen LogP contribution in [0.3, 0.4) is 0 Å². The van der Waals surface area contributed by atoms with Crippen LogP contribution in [0.15, 0.2) is 46.9 Å². The summed E-state index contributed by atoms with van der Waals surface area (Å²) in [6.07, 6.45) is 2.39. The molecule has 8 heteroatoms. The molecule has 0 spiro atoms.